The van der Waals surface area contributed by atoms with Crippen LogP contribution < -0.4 is 16.2 Å². The van der Waals surface area contributed by atoms with E-state index in [0.29, 0.717) is 22.4 Å². The molecule has 31 heavy (non-hydrogen) atoms. The number of anilines is 1. The van der Waals surface area contributed by atoms with Gasteiger partial charge < -0.3 is 9.73 Å². The molecular weight excluding hydrogens is 394 g/mol. The van der Waals surface area contributed by atoms with Crippen LogP contribution in [0.25, 0.3) is 11.0 Å². The molecule has 0 bridgehead atoms. The average Bonchev–Trinajstić information content (AvgIpc) is 3.14. The summed E-state index contributed by atoms with van der Waals surface area (Å²) in [4.78, 5) is 37.4. The van der Waals surface area contributed by atoms with Gasteiger partial charge >= 0.3 is 5.91 Å². The molecule has 160 valence electrons. The Hall–Kier alpha value is -3.61. The van der Waals surface area contributed by atoms with E-state index in [-0.39, 0.29) is 17.6 Å². The van der Waals surface area contributed by atoms with Crippen molar-refractivity contribution in [2.45, 2.75) is 39.0 Å². The number of aryl methyl sites for hydroxylation is 1. The monoisotopic (exact) mass is 419 g/mol. The van der Waals surface area contributed by atoms with Crippen molar-refractivity contribution in [3.63, 3.8) is 0 Å². The van der Waals surface area contributed by atoms with E-state index in [1.807, 2.05) is 18.2 Å². The van der Waals surface area contributed by atoms with Crippen LogP contribution in [0.2, 0.25) is 0 Å². The smallest absolute Gasteiger partial charge is 0.305 e. The maximum Gasteiger partial charge on any atom is 0.305 e. The summed E-state index contributed by atoms with van der Waals surface area (Å²) in [5.41, 5.74) is 6.99. The van der Waals surface area contributed by atoms with E-state index < -0.39 is 11.8 Å². The third kappa shape index (κ3) is 4.60. The number of hydrogen-bond acceptors (Lipinski definition) is 4. The number of hydrazine groups is 1. The molecule has 0 aliphatic heterocycles. The highest BCUT2D eigenvalue weighted by molar-refractivity contribution is 6.02. The van der Waals surface area contributed by atoms with Crippen LogP contribution >= 0.6 is 0 Å². The number of rotatable bonds is 4. The van der Waals surface area contributed by atoms with Gasteiger partial charge in [0.25, 0.3) is 5.91 Å². The number of amides is 3. The molecule has 3 amide bonds. The van der Waals surface area contributed by atoms with Crippen LogP contribution in [0.4, 0.5) is 5.69 Å². The molecule has 4 rings (SSSR count). The number of carbonyl (C=O) groups is 3. The second-order valence-electron chi connectivity index (χ2n) is 7.87. The molecule has 7 heteroatoms. The molecule has 1 heterocycles. The number of benzene rings is 2. The van der Waals surface area contributed by atoms with Crippen LogP contribution in [0.3, 0.4) is 0 Å². The normalized spacial score (nSPS) is 14.2. The number of fused-ring (bicyclic) bond motifs is 1. The highest BCUT2D eigenvalue weighted by Crippen LogP contribution is 2.26. The van der Waals surface area contributed by atoms with E-state index in [1.54, 1.807) is 37.3 Å². The molecule has 1 saturated carbocycles. The lowest BCUT2D eigenvalue weighted by Gasteiger charge is -2.20. The molecule has 1 fully saturated rings. The summed E-state index contributed by atoms with van der Waals surface area (Å²) >= 11 is 0. The van der Waals surface area contributed by atoms with Crippen molar-refractivity contribution in [1.29, 1.82) is 0 Å². The van der Waals surface area contributed by atoms with Gasteiger partial charge in [-0.1, -0.05) is 43.5 Å². The Morgan fingerprint density at radius 1 is 0.903 bits per heavy atom. The van der Waals surface area contributed by atoms with Gasteiger partial charge in [0.2, 0.25) is 5.91 Å². The van der Waals surface area contributed by atoms with Crippen LogP contribution in [0, 0.1) is 12.8 Å². The third-order valence-corrected chi connectivity index (χ3v) is 5.71. The van der Waals surface area contributed by atoms with E-state index in [1.165, 1.54) is 6.42 Å². The van der Waals surface area contributed by atoms with Crippen LogP contribution in [0.5, 0.6) is 0 Å². The first kappa shape index (κ1) is 20.7. The molecule has 3 aromatic rings. The van der Waals surface area contributed by atoms with Gasteiger partial charge in [0.1, 0.15) is 5.58 Å². The number of furan rings is 1. The quantitative estimate of drug-likeness (QED) is 0.548. The molecular formula is C24H25N3O4. The van der Waals surface area contributed by atoms with Crippen molar-refractivity contribution >= 4 is 34.4 Å². The molecule has 1 aromatic heterocycles. The Labute approximate surface area is 180 Å². The second-order valence-corrected chi connectivity index (χ2v) is 7.87. The van der Waals surface area contributed by atoms with Crippen molar-refractivity contribution in [2.24, 2.45) is 5.92 Å². The maximum atomic E-state index is 12.5. The fourth-order valence-electron chi connectivity index (χ4n) is 3.98. The van der Waals surface area contributed by atoms with Crippen LogP contribution in [0.15, 0.2) is 52.9 Å². The predicted octanol–water partition coefficient (Wildman–Crippen LogP) is 4.33. The fourth-order valence-corrected chi connectivity index (χ4v) is 3.98. The van der Waals surface area contributed by atoms with E-state index in [2.05, 4.69) is 16.2 Å². The fraction of sp³-hybridized carbons (Fsp3) is 0.292. The van der Waals surface area contributed by atoms with Gasteiger partial charge in [-0.15, -0.1) is 0 Å². The van der Waals surface area contributed by atoms with Gasteiger partial charge in [-0.05, 0) is 44.0 Å². The number of hydrogen-bond donors (Lipinski definition) is 3. The van der Waals surface area contributed by atoms with Gasteiger partial charge in [-0.3, -0.25) is 25.2 Å². The minimum absolute atomic E-state index is 0.00841. The minimum Gasteiger partial charge on any atom is -0.451 e. The topological polar surface area (TPSA) is 100 Å². The molecule has 2 aromatic carbocycles. The Kier molecular flexibility index (Phi) is 6.02. The molecule has 0 atom stereocenters. The summed E-state index contributed by atoms with van der Waals surface area (Å²) < 4.78 is 5.61. The van der Waals surface area contributed by atoms with Gasteiger partial charge in [-0.25, -0.2) is 0 Å². The molecule has 0 radical (unpaired) electrons. The summed E-state index contributed by atoms with van der Waals surface area (Å²) in [6.07, 6.45) is 5.13. The zero-order valence-electron chi connectivity index (χ0n) is 17.4. The molecule has 3 N–H and O–H groups in total. The standard InChI is InChI=1S/C24H25N3O4/c1-15-19-12-5-6-13-20(19)31-21(15)24(30)27-26-23(29)17-10-7-11-18(14-17)25-22(28)16-8-3-2-4-9-16/h5-7,10-14,16H,2-4,8-9H2,1H3,(H,25,28)(H,26,29)(H,27,30). The van der Waals surface area contributed by atoms with Crippen molar-refractivity contribution < 1.29 is 18.8 Å². The lowest BCUT2D eigenvalue weighted by molar-refractivity contribution is -0.120. The molecule has 1 aliphatic rings. The van der Waals surface area contributed by atoms with Crippen molar-refractivity contribution in [3.8, 4) is 0 Å². The zero-order chi connectivity index (χ0) is 21.8. The highest BCUT2D eigenvalue weighted by Gasteiger charge is 2.21. The maximum absolute atomic E-state index is 12.5. The van der Waals surface area contributed by atoms with E-state index in [0.717, 1.165) is 31.1 Å². The first-order valence-electron chi connectivity index (χ1n) is 10.5. The summed E-state index contributed by atoms with van der Waals surface area (Å²) in [7, 11) is 0. The molecule has 1 aliphatic carbocycles. The third-order valence-electron chi connectivity index (χ3n) is 5.71. The SMILES string of the molecule is Cc1c(C(=O)NNC(=O)c2cccc(NC(=O)C3CCCCC3)c2)oc2ccccc12. The Bertz CT molecular complexity index is 1130. The van der Waals surface area contributed by atoms with Crippen LogP contribution in [-0.2, 0) is 4.79 Å². The summed E-state index contributed by atoms with van der Waals surface area (Å²) in [6, 6.07) is 14.0. The Morgan fingerprint density at radius 2 is 1.65 bits per heavy atom. The molecule has 0 spiro atoms. The largest absolute Gasteiger partial charge is 0.451 e. The second kappa shape index (κ2) is 9.04. The average molecular weight is 419 g/mol. The first-order chi connectivity index (χ1) is 15.0. The summed E-state index contributed by atoms with van der Waals surface area (Å²) in [5, 5.41) is 3.75. The number of nitrogens with one attached hydrogen (secondary N) is 3. The predicted molar refractivity (Wildman–Crippen MR) is 118 cm³/mol. The Morgan fingerprint density at radius 3 is 2.42 bits per heavy atom. The Balaban J connectivity index is 1.38. The summed E-state index contributed by atoms with van der Waals surface area (Å²) in [6.45, 7) is 1.79. The van der Waals surface area contributed by atoms with Crippen LogP contribution in [0.1, 0.15) is 58.6 Å². The minimum atomic E-state index is -0.538. The van der Waals surface area contributed by atoms with Crippen LogP contribution in [-0.4, -0.2) is 17.7 Å². The highest BCUT2D eigenvalue weighted by atomic mass is 16.3. The van der Waals surface area contributed by atoms with E-state index >= 15 is 0 Å². The van der Waals surface area contributed by atoms with E-state index in [9.17, 15) is 14.4 Å². The molecule has 0 saturated heterocycles. The van der Waals surface area contributed by atoms with Gasteiger partial charge in [0.05, 0.1) is 0 Å². The summed E-state index contributed by atoms with van der Waals surface area (Å²) in [5.74, 6) is -0.863. The lowest BCUT2D eigenvalue weighted by Crippen LogP contribution is -2.41. The molecule has 0 unspecified atom stereocenters. The number of para-hydroxylation sites is 1. The first-order valence-corrected chi connectivity index (χ1v) is 10.5. The van der Waals surface area contributed by atoms with E-state index in [4.69, 9.17) is 4.42 Å². The van der Waals surface area contributed by atoms with Gasteiger partial charge in [0, 0.05) is 28.1 Å². The van der Waals surface area contributed by atoms with Crippen molar-refractivity contribution in [3.05, 3.63) is 65.4 Å². The zero-order valence-corrected chi connectivity index (χ0v) is 17.4. The lowest BCUT2D eigenvalue weighted by atomic mass is 9.88. The van der Waals surface area contributed by atoms with Gasteiger partial charge in [-0.2, -0.15) is 0 Å². The molecule has 7 nitrogen and oxygen atoms in total. The van der Waals surface area contributed by atoms with Crippen molar-refractivity contribution in [1.82, 2.24) is 10.9 Å². The van der Waals surface area contributed by atoms with Gasteiger partial charge in [0.15, 0.2) is 5.76 Å². The number of carbonyl (C=O) groups excluding carboxylic acids is 3. The van der Waals surface area contributed by atoms with Crippen molar-refractivity contribution in [2.75, 3.05) is 5.32 Å².